The number of aliphatic hydroxyl groups is 1. The number of ether oxygens (including phenoxy) is 4. The zero-order valence-electron chi connectivity index (χ0n) is 25.4. The monoisotopic (exact) mass is 616 g/mol. The molecule has 0 saturated carbocycles. The van der Waals surface area contributed by atoms with Crippen LogP contribution >= 0.6 is 0 Å². The van der Waals surface area contributed by atoms with Gasteiger partial charge in [-0.15, -0.1) is 0 Å². The molecule has 2 atom stereocenters. The van der Waals surface area contributed by atoms with E-state index in [0.717, 1.165) is 11.6 Å². The average Bonchev–Trinajstić information content (AvgIpc) is 3.52. The van der Waals surface area contributed by atoms with Gasteiger partial charge in [0.1, 0.15) is 29.2 Å². The van der Waals surface area contributed by atoms with Crippen LogP contribution in [0.15, 0.2) is 36.4 Å². The molecule has 1 unspecified atom stereocenters. The summed E-state index contributed by atoms with van der Waals surface area (Å²) in [5, 5.41) is 9.97. The van der Waals surface area contributed by atoms with E-state index in [2.05, 4.69) is 0 Å². The summed E-state index contributed by atoms with van der Waals surface area (Å²) in [6, 6.07) is 9.45. The molecule has 0 aromatic heterocycles. The normalized spacial score (nSPS) is 17.6. The van der Waals surface area contributed by atoms with E-state index < -0.39 is 29.3 Å². The number of carbonyl (C=O) groups excluding carboxylic acids is 1. The van der Waals surface area contributed by atoms with E-state index in [1.807, 2.05) is 0 Å². The van der Waals surface area contributed by atoms with E-state index in [9.17, 15) is 23.1 Å². The number of hydrogen-bond acceptors (Lipinski definition) is 6. The summed E-state index contributed by atoms with van der Waals surface area (Å²) in [7, 11) is 1.32. The number of benzene rings is 3. The molecule has 10 heteroatoms. The molecule has 0 bridgehead atoms. The third-order valence-corrected chi connectivity index (χ3v) is 8.24. The van der Waals surface area contributed by atoms with Gasteiger partial charge < -0.3 is 24.1 Å². The highest BCUT2D eigenvalue weighted by Crippen LogP contribution is 2.48. The fourth-order valence-electron chi connectivity index (χ4n) is 6.09. The van der Waals surface area contributed by atoms with E-state index in [1.165, 1.54) is 7.11 Å². The molecule has 6 nitrogen and oxygen atoms in total. The molecule has 236 valence electrons. The summed E-state index contributed by atoms with van der Waals surface area (Å²) in [6.07, 6.45) is -4.68. The van der Waals surface area contributed by atoms with Crippen LogP contribution < -0.4 is 14.2 Å². The Kier molecular flexibility index (Phi) is 8.59. The van der Waals surface area contributed by atoms with Crippen molar-refractivity contribution in [2.75, 3.05) is 20.3 Å². The minimum Gasteiger partial charge on any atom is -0.493 e. The Labute approximate surface area is 253 Å². The second-order valence-electron chi connectivity index (χ2n) is 12.2. The second-order valence-corrected chi connectivity index (χ2v) is 12.2. The Morgan fingerprint density at radius 3 is 2.41 bits per heavy atom. The number of fused-ring (bicyclic) bond motifs is 2. The van der Waals surface area contributed by atoms with Gasteiger partial charge in [0.15, 0.2) is 0 Å². The minimum absolute atomic E-state index is 0.0934. The van der Waals surface area contributed by atoms with Gasteiger partial charge in [0, 0.05) is 29.5 Å². The zero-order valence-corrected chi connectivity index (χ0v) is 25.4. The van der Waals surface area contributed by atoms with Crippen LogP contribution in [0, 0.1) is 19.7 Å². The molecular weight excluding hydrogens is 580 g/mol. The first-order valence-electron chi connectivity index (χ1n) is 14.6. The van der Waals surface area contributed by atoms with Crippen molar-refractivity contribution >= 4 is 5.97 Å². The van der Waals surface area contributed by atoms with Crippen LogP contribution in [-0.4, -0.2) is 37.0 Å². The predicted octanol–water partition coefficient (Wildman–Crippen LogP) is 7.77. The molecule has 1 heterocycles. The molecule has 0 amide bonds. The van der Waals surface area contributed by atoms with E-state index in [0.29, 0.717) is 64.3 Å². The zero-order chi connectivity index (χ0) is 32.0. The topological polar surface area (TPSA) is 74.2 Å². The Hall–Kier alpha value is -3.79. The first-order chi connectivity index (χ1) is 20.7. The van der Waals surface area contributed by atoms with Crippen LogP contribution in [0.2, 0.25) is 0 Å². The Balaban J connectivity index is 1.49. The highest BCUT2D eigenvalue weighted by molar-refractivity contribution is 5.77. The van der Waals surface area contributed by atoms with Gasteiger partial charge in [0.2, 0.25) is 0 Å². The number of esters is 1. The average molecular weight is 617 g/mol. The van der Waals surface area contributed by atoms with Gasteiger partial charge in [-0.25, -0.2) is 4.39 Å². The molecule has 5 rings (SSSR count). The Morgan fingerprint density at radius 2 is 1.77 bits per heavy atom. The van der Waals surface area contributed by atoms with Gasteiger partial charge in [0.05, 0.1) is 37.9 Å². The molecule has 0 spiro atoms. The van der Waals surface area contributed by atoms with Crippen molar-refractivity contribution in [1.29, 1.82) is 0 Å². The number of carbonyl (C=O) groups is 1. The van der Waals surface area contributed by atoms with Gasteiger partial charge in [-0.3, -0.25) is 4.79 Å². The lowest BCUT2D eigenvalue weighted by molar-refractivity contribution is -0.141. The first kappa shape index (κ1) is 31.6. The fourth-order valence-corrected chi connectivity index (χ4v) is 6.09. The SMILES string of the molecule is COC(=O)CC1COc2cc(O[C@@H]3CCc4c(-c5c(C)cc(OCCC(C)(C)O)cc5C)cc(C(F)(F)F)c(F)c43)ccc21. The maximum absolute atomic E-state index is 15.7. The summed E-state index contributed by atoms with van der Waals surface area (Å²) in [6.45, 7) is 7.49. The third-order valence-electron chi connectivity index (χ3n) is 8.24. The second kappa shape index (κ2) is 12.0. The molecule has 0 fully saturated rings. The van der Waals surface area contributed by atoms with Gasteiger partial charge in [-0.2, -0.15) is 13.2 Å². The van der Waals surface area contributed by atoms with Gasteiger partial charge in [-0.05, 0) is 92.6 Å². The molecule has 3 aromatic rings. The molecule has 2 aliphatic rings. The molecular formula is C34H36F4O6. The van der Waals surface area contributed by atoms with Crippen LogP contribution in [0.1, 0.15) is 78.5 Å². The number of alkyl halides is 3. The summed E-state index contributed by atoms with van der Waals surface area (Å²) >= 11 is 0. The summed E-state index contributed by atoms with van der Waals surface area (Å²) in [5.74, 6) is -0.486. The highest BCUT2D eigenvalue weighted by atomic mass is 19.4. The minimum atomic E-state index is -4.92. The molecule has 44 heavy (non-hydrogen) atoms. The van der Waals surface area contributed by atoms with E-state index in [4.69, 9.17) is 18.9 Å². The fraction of sp³-hybridized carbons (Fsp3) is 0.441. The van der Waals surface area contributed by atoms with E-state index in [-0.39, 0.29) is 37.1 Å². The lowest BCUT2D eigenvalue weighted by Crippen LogP contribution is -2.21. The first-order valence-corrected chi connectivity index (χ1v) is 14.6. The standard InChI is InChI=1S/C34H36F4O6/c1-18-12-22(42-11-10-33(3,4)40)13-19(2)30(18)25-16-26(34(36,37)38)32(35)31-24(25)8-9-27(31)44-21-6-7-23-20(14-29(39)41-5)17-43-28(23)15-21/h6-7,12-13,15-16,20,27,40H,8-11,14,17H2,1-5H3/t20?,27-/m1/s1. The van der Waals surface area contributed by atoms with Crippen LogP contribution in [0.25, 0.3) is 11.1 Å². The van der Waals surface area contributed by atoms with Gasteiger partial charge in [0.25, 0.3) is 0 Å². The van der Waals surface area contributed by atoms with Crippen molar-refractivity contribution in [3.8, 4) is 28.4 Å². The number of methoxy groups -OCH3 is 1. The smallest absolute Gasteiger partial charge is 0.419 e. The highest BCUT2D eigenvalue weighted by Gasteiger charge is 2.41. The number of rotatable bonds is 9. The van der Waals surface area contributed by atoms with Crippen molar-refractivity contribution in [3.63, 3.8) is 0 Å². The maximum atomic E-state index is 15.7. The Bertz CT molecular complexity index is 1550. The van der Waals surface area contributed by atoms with Gasteiger partial charge in [-0.1, -0.05) is 6.07 Å². The van der Waals surface area contributed by atoms with Crippen molar-refractivity contribution in [2.45, 2.75) is 77.2 Å². The number of halogens is 4. The molecule has 0 saturated heterocycles. The lowest BCUT2D eigenvalue weighted by Gasteiger charge is -2.22. The van der Waals surface area contributed by atoms with Crippen molar-refractivity contribution < 1.29 is 46.4 Å². The van der Waals surface area contributed by atoms with Crippen molar-refractivity contribution in [3.05, 3.63) is 75.6 Å². The van der Waals surface area contributed by atoms with Crippen LogP contribution in [0.3, 0.4) is 0 Å². The summed E-state index contributed by atoms with van der Waals surface area (Å²) < 4.78 is 80.8. The van der Waals surface area contributed by atoms with Crippen LogP contribution in [-0.2, 0) is 22.1 Å². The molecule has 3 aromatic carbocycles. The van der Waals surface area contributed by atoms with Crippen LogP contribution in [0.4, 0.5) is 17.6 Å². The molecule has 1 aliphatic carbocycles. The molecule has 0 radical (unpaired) electrons. The predicted molar refractivity (Wildman–Crippen MR) is 156 cm³/mol. The van der Waals surface area contributed by atoms with Crippen LogP contribution in [0.5, 0.6) is 17.2 Å². The largest absolute Gasteiger partial charge is 0.493 e. The summed E-state index contributed by atoms with van der Waals surface area (Å²) in [5.41, 5.74) is 1.24. The van der Waals surface area contributed by atoms with E-state index >= 15 is 4.39 Å². The number of hydrogen-bond donors (Lipinski definition) is 1. The van der Waals surface area contributed by atoms with Crippen molar-refractivity contribution in [1.82, 2.24) is 0 Å². The summed E-state index contributed by atoms with van der Waals surface area (Å²) in [4.78, 5) is 11.8. The molecule has 1 aliphatic heterocycles. The Morgan fingerprint density at radius 1 is 1.07 bits per heavy atom. The van der Waals surface area contributed by atoms with Crippen molar-refractivity contribution in [2.24, 2.45) is 0 Å². The third kappa shape index (κ3) is 6.50. The lowest BCUT2D eigenvalue weighted by atomic mass is 9.88. The molecule has 1 N–H and O–H groups in total. The number of aryl methyl sites for hydroxylation is 2. The maximum Gasteiger partial charge on any atom is 0.419 e. The quantitative estimate of drug-likeness (QED) is 0.196. The van der Waals surface area contributed by atoms with Gasteiger partial charge >= 0.3 is 12.1 Å². The van der Waals surface area contributed by atoms with E-state index in [1.54, 1.807) is 58.0 Å².